The third kappa shape index (κ3) is 5.48. The summed E-state index contributed by atoms with van der Waals surface area (Å²) in [6, 6.07) is 8.01. The molecule has 1 saturated heterocycles. The van der Waals surface area contributed by atoms with Crippen LogP contribution in [0.5, 0.6) is 11.5 Å². The number of hydrogen-bond acceptors (Lipinski definition) is 7. The zero-order valence-electron chi connectivity index (χ0n) is 19.3. The van der Waals surface area contributed by atoms with Gasteiger partial charge >= 0.3 is 0 Å². The Labute approximate surface area is 202 Å². The van der Waals surface area contributed by atoms with Crippen LogP contribution in [0.25, 0.3) is 10.9 Å². The minimum atomic E-state index is -0.491. The lowest BCUT2D eigenvalue weighted by molar-refractivity contribution is -0.133. The summed E-state index contributed by atoms with van der Waals surface area (Å²) in [5.41, 5.74) is 1.26. The normalized spacial score (nSPS) is 14.5. The number of anilines is 2. The van der Waals surface area contributed by atoms with Gasteiger partial charge in [-0.25, -0.2) is 14.4 Å². The summed E-state index contributed by atoms with van der Waals surface area (Å²) in [7, 11) is 5.35. The summed E-state index contributed by atoms with van der Waals surface area (Å²) in [6.45, 7) is 1.70. The Hall–Kier alpha value is -3.17. The number of likely N-dealkylation sites (N-methyl/N-ethyl adjacent to an activating group) is 1. The fourth-order valence-electron chi connectivity index (χ4n) is 3.90. The number of nitrogens with zero attached hydrogens (tertiary/aromatic N) is 4. The number of ether oxygens (including phenoxy) is 2. The molecule has 0 saturated carbocycles. The lowest BCUT2D eigenvalue weighted by Gasteiger charge is -2.33. The first kappa shape index (κ1) is 24.0. The van der Waals surface area contributed by atoms with Crippen molar-refractivity contribution in [3.8, 4) is 11.5 Å². The van der Waals surface area contributed by atoms with Crippen molar-refractivity contribution in [2.24, 2.45) is 0 Å². The number of carbonyl (C=O) groups is 1. The number of hydrogen-bond donors (Lipinski definition) is 1. The van der Waals surface area contributed by atoms with E-state index in [-0.39, 0.29) is 17.0 Å². The van der Waals surface area contributed by atoms with Gasteiger partial charge in [0.05, 0.1) is 24.2 Å². The second-order valence-corrected chi connectivity index (χ2v) is 8.84. The highest BCUT2D eigenvalue weighted by atomic mass is 35.5. The van der Waals surface area contributed by atoms with Crippen molar-refractivity contribution < 1.29 is 18.7 Å². The number of likely N-dealkylation sites (tertiary alicyclic amines) is 1. The van der Waals surface area contributed by atoms with Gasteiger partial charge in [0.15, 0.2) is 11.5 Å². The zero-order valence-corrected chi connectivity index (χ0v) is 20.1. The van der Waals surface area contributed by atoms with Crippen LogP contribution in [0.15, 0.2) is 36.7 Å². The Balaban J connectivity index is 1.54. The third-order valence-corrected chi connectivity index (χ3v) is 5.93. The van der Waals surface area contributed by atoms with Crippen LogP contribution < -0.4 is 14.8 Å². The van der Waals surface area contributed by atoms with Gasteiger partial charge in [0.25, 0.3) is 0 Å². The maximum Gasteiger partial charge on any atom is 0.236 e. The quantitative estimate of drug-likeness (QED) is 0.537. The van der Waals surface area contributed by atoms with Gasteiger partial charge in [0.1, 0.15) is 24.1 Å². The highest BCUT2D eigenvalue weighted by molar-refractivity contribution is 6.31. The Kier molecular flexibility index (Phi) is 7.33. The van der Waals surface area contributed by atoms with Crippen LogP contribution in [0.4, 0.5) is 15.9 Å². The van der Waals surface area contributed by atoms with Gasteiger partial charge in [0, 0.05) is 43.1 Å². The van der Waals surface area contributed by atoms with Gasteiger partial charge in [-0.1, -0.05) is 11.6 Å². The number of piperidine rings is 1. The van der Waals surface area contributed by atoms with Crippen molar-refractivity contribution in [3.05, 3.63) is 47.5 Å². The molecule has 10 heteroatoms. The van der Waals surface area contributed by atoms with Crippen LogP contribution in [0.3, 0.4) is 0 Å². The minimum absolute atomic E-state index is 0.0180. The number of benzene rings is 2. The first-order chi connectivity index (χ1) is 16.3. The SMILES string of the molecule is COc1cc2ncnc(Nc3ccc(F)c(Cl)c3)c2cc1OC1CCN(C(=O)CN(C)C)CC1. The fourth-order valence-corrected chi connectivity index (χ4v) is 4.08. The summed E-state index contributed by atoms with van der Waals surface area (Å²) in [6.07, 6.45) is 2.85. The summed E-state index contributed by atoms with van der Waals surface area (Å²) < 4.78 is 25.4. The molecule has 3 aromatic rings. The summed E-state index contributed by atoms with van der Waals surface area (Å²) in [5, 5.41) is 3.91. The molecule has 180 valence electrons. The maximum absolute atomic E-state index is 13.5. The Morgan fingerprint density at radius 1 is 1.21 bits per heavy atom. The monoisotopic (exact) mass is 487 g/mol. The van der Waals surface area contributed by atoms with Crippen LogP contribution in [-0.4, -0.2) is 72.6 Å². The number of carbonyl (C=O) groups excluding carboxylic acids is 1. The predicted molar refractivity (Wildman–Crippen MR) is 130 cm³/mol. The van der Waals surface area contributed by atoms with E-state index >= 15 is 0 Å². The van der Waals surface area contributed by atoms with Crippen molar-refractivity contribution in [2.45, 2.75) is 18.9 Å². The molecule has 1 N–H and O–H groups in total. The molecular weight excluding hydrogens is 461 g/mol. The van der Waals surface area contributed by atoms with Gasteiger partial charge < -0.3 is 24.6 Å². The van der Waals surface area contributed by atoms with E-state index in [0.29, 0.717) is 48.2 Å². The lowest BCUT2D eigenvalue weighted by atomic mass is 10.1. The molecule has 1 aliphatic rings. The summed E-state index contributed by atoms with van der Waals surface area (Å²) >= 11 is 5.91. The Morgan fingerprint density at radius 2 is 1.97 bits per heavy atom. The molecule has 1 fully saturated rings. The van der Waals surface area contributed by atoms with Crippen molar-refractivity contribution in [2.75, 3.05) is 46.2 Å². The molecule has 8 nitrogen and oxygen atoms in total. The highest BCUT2D eigenvalue weighted by Crippen LogP contribution is 2.36. The molecule has 0 radical (unpaired) electrons. The van der Waals surface area contributed by atoms with E-state index < -0.39 is 5.82 Å². The molecular formula is C24H27ClFN5O3. The van der Waals surface area contributed by atoms with Crippen LogP contribution in [0.1, 0.15) is 12.8 Å². The molecule has 4 rings (SSSR count). The highest BCUT2D eigenvalue weighted by Gasteiger charge is 2.25. The number of nitrogens with one attached hydrogen (secondary N) is 1. The first-order valence-electron chi connectivity index (χ1n) is 11.0. The van der Waals surface area contributed by atoms with E-state index in [1.807, 2.05) is 30.0 Å². The topological polar surface area (TPSA) is 79.8 Å². The van der Waals surface area contributed by atoms with Gasteiger partial charge in [-0.3, -0.25) is 4.79 Å². The number of amides is 1. The fraction of sp³-hybridized carbons (Fsp3) is 0.375. The van der Waals surface area contributed by atoms with Crippen LogP contribution in [0, 0.1) is 5.82 Å². The summed E-state index contributed by atoms with van der Waals surface area (Å²) in [4.78, 5) is 24.8. The average Bonchev–Trinajstić information content (AvgIpc) is 2.81. The maximum atomic E-state index is 13.5. The molecule has 1 aliphatic heterocycles. The molecule has 0 aliphatic carbocycles. The predicted octanol–water partition coefficient (Wildman–Crippen LogP) is 4.11. The lowest BCUT2D eigenvalue weighted by Crippen LogP contribution is -2.45. The Bertz CT molecular complexity index is 1180. The zero-order chi connectivity index (χ0) is 24.2. The number of methoxy groups -OCH3 is 1. The largest absolute Gasteiger partial charge is 0.493 e. The van der Waals surface area contributed by atoms with E-state index in [0.717, 1.165) is 18.2 Å². The molecule has 0 unspecified atom stereocenters. The van der Waals surface area contributed by atoms with E-state index in [1.54, 1.807) is 19.2 Å². The van der Waals surface area contributed by atoms with Crippen LogP contribution >= 0.6 is 11.6 Å². The number of halogens is 2. The molecule has 2 heterocycles. The molecule has 0 atom stereocenters. The van der Waals surface area contributed by atoms with E-state index in [9.17, 15) is 9.18 Å². The standard InChI is InChI=1S/C24H27ClFN5O3/c1-30(2)13-23(32)31-8-6-16(7-9-31)34-22-11-17-20(12-21(22)33-3)27-14-28-24(17)29-15-4-5-19(26)18(25)10-15/h4-5,10-12,14,16H,6-9,13H2,1-3H3,(H,27,28,29). The minimum Gasteiger partial charge on any atom is -0.493 e. The molecule has 1 aromatic heterocycles. The van der Waals surface area contributed by atoms with Crippen molar-refractivity contribution in [1.82, 2.24) is 19.8 Å². The number of rotatable bonds is 7. The van der Waals surface area contributed by atoms with E-state index in [1.165, 1.54) is 18.5 Å². The van der Waals surface area contributed by atoms with Gasteiger partial charge in [-0.05, 0) is 38.4 Å². The third-order valence-electron chi connectivity index (χ3n) is 5.64. The van der Waals surface area contributed by atoms with Crippen LogP contribution in [-0.2, 0) is 4.79 Å². The molecule has 1 amide bonds. The smallest absolute Gasteiger partial charge is 0.236 e. The first-order valence-corrected chi connectivity index (χ1v) is 11.4. The average molecular weight is 488 g/mol. The van der Waals surface area contributed by atoms with Gasteiger partial charge in [0.2, 0.25) is 5.91 Å². The van der Waals surface area contributed by atoms with Gasteiger partial charge in [-0.15, -0.1) is 0 Å². The number of aromatic nitrogens is 2. The number of fused-ring (bicyclic) bond motifs is 1. The molecule has 0 spiro atoms. The van der Waals surface area contributed by atoms with Gasteiger partial charge in [-0.2, -0.15) is 0 Å². The van der Waals surface area contributed by atoms with E-state index in [2.05, 4.69) is 15.3 Å². The second kappa shape index (κ2) is 10.4. The van der Waals surface area contributed by atoms with Crippen LogP contribution in [0.2, 0.25) is 5.02 Å². The van der Waals surface area contributed by atoms with Crippen molar-refractivity contribution in [3.63, 3.8) is 0 Å². The molecule has 0 bridgehead atoms. The molecule has 34 heavy (non-hydrogen) atoms. The Morgan fingerprint density at radius 3 is 2.65 bits per heavy atom. The summed E-state index contributed by atoms with van der Waals surface area (Å²) in [5.74, 6) is 1.30. The van der Waals surface area contributed by atoms with Crippen molar-refractivity contribution in [1.29, 1.82) is 0 Å². The van der Waals surface area contributed by atoms with E-state index in [4.69, 9.17) is 21.1 Å². The molecule has 2 aromatic carbocycles. The van der Waals surface area contributed by atoms with Crippen molar-refractivity contribution >= 4 is 39.9 Å². The second-order valence-electron chi connectivity index (χ2n) is 8.43.